The lowest BCUT2D eigenvalue weighted by atomic mass is 9.47. The minimum atomic E-state index is -0.715. The van der Waals surface area contributed by atoms with E-state index < -0.39 is 17.0 Å². The molecule has 3 amide bonds. The van der Waals surface area contributed by atoms with Crippen molar-refractivity contribution in [3.05, 3.63) is 17.8 Å². The molecule has 5 rings (SSSR count). The van der Waals surface area contributed by atoms with Gasteiger partial charge in [-0.05, 0) is 75.7 Å². The number of nitrogens with zero attached hydrogens (tertiary/aromatic N) is 2. The molecule has 0 aliphatic heterocycles. The van der Waals surface area contributed by atoms with Gasteiger partial charge in [0.05, 0.1) is 25.5 Å². The van der Waals surface area contributed by atoms with Crippen molar-refractivity contribution in [2.24, 2.45) is 34.8 Å². The molecule has 4 bridgehead atoms. The van der Waals surface area contributed by atoms with E-state index in [2.05, 4.69) is 20.5 Å². The number of aromatic nitrogens is 2. The van der Waals surface area contributed by atoms with E-state index >= 15 is 0 Å². The van der Waals surface area contributed by atoms with Crippen LogP contribution in [0.1, 0.15) is 70.2 Å². The maximum Gasteiger partial charge on any atom is 0.407 e. The second-order valence-corrected chi connectivity index (χ2v) is 11.8. The summed E-state index contributed by atoms with van der Waals surface area (Å²) in [6.07, 6.45) is 8.83. The van der Waals surface area contributed by atoms with Crippen molar-refractivity contribution in [2.45, 2.75) is 71.4 Å². The number of nitrogens with two attached hydrogens (primary N) is 1. The summed E-state index contributed by atoms with van der Waals surface area (Å²) in [6, 6.07) is 0.0153. The quantitative estimate of drug-likeness (QED) is 0.476. The first kappa shape index (κ1) is 26.0. The monoisotopic (exact) mass is 501 g/mol. The molecule has 4 saturated carbocycles. The Bertz CT molecular complexity index is 1030. The Kier molecular flexibility index (Phi) is 7.07. The van der Waals surface area contributed by atoms with Crippen LogP contribution in [0, 0.1) is 29.1 Å². The van der Waals surface area contributed by atoms with Crippen LogP contribution in [0.5, 0.6) is 5.88 Å². The molecule has 198 valence electrons. The predicted octanol–water partition coefficient (Wildman–Crippen LogP) is 2.93. The highest BCUT2D eigenvalue weighted by Gasteiger charge is 2.58. The normalized spacial score (nSPS) is 28.9. The Morgan fingerprint density at radius 2 is 1.92 bits per heavy atom. The van der Waals surface area contributed by atoms with Gasteiger partial charge < -0.3 is 25.8 Å². The van der Waals surface area contributed by atoms with Gasteiger partial charge in [0.2, 0.25) is 11.8 Å². The highest BCUT2D eigenvalue weighted by molar-refractivity contribution is 5.96. The second-order valence-electron chi connectivity index (χ2n) is 11.8. The van der Waals surface area contributed by atoms with Crippen molar-refractivity contribution in [1.82, 2.24) is 20.4 Å². The number of alkyl carbamates (subject to hydrolysis) is 1. The first-order valence-corrected chi connectivity index (χ1v) is 12.8. The zero-order valence-corrected chi connectivity index (χ0v) is 21.9. The van der Waals surface area contributed by atoms with E-state index in [1.807, 2.05) is 27.7 Å². The van der Waals surface area contributed by atoms with E-state index in [9.17, 15) is 14.4 Å². The summed E-state index contributed by atoms with van der Waals surface area (Å²) in [5, 5.41) is 10.4. The van der Waals surface area contributed by atoms with Crippen molar-refractivity contribution in [1.29, 1.82) is 0 Å². The van der Waals surface area contributed by atoms with Gasteiger partial charge in [-0.1, -0.05) is 13.8 Å². The molecule has 36 heavy (non-hydrogen) atoms. The average Bonchev–Trinajstić information content (AvgIpc) is 3.20. The number of amides is 3. The molecule has 2 atom stereocenters. The fraction of sp³-hybridized carbons (Fsp3) is 0.692. The Morgan fingerprint density at radius 1 is 1.25 bits per heavy atom. The number of hydrogen-bond acceptors (Lipinski definition) is 6. The van der Waals surface area contributed by atoms with E-state index in [1.54, 1.807) is 12.3 Å². The molecule has 4 fully saturated rings. The summed E-state index contributed by atoms with van der Waals surface area (Å²) in [7, 11) is 1.31. The molecule has 0 radical (unpaired) electrons. The van der Waals surface area contributed by atoms with E-state index in [4.69, 9.17) is 10.5 Å². The van der Waals surface area contributed by atoms with Crippen molar-refractivity contribution < 1.29 is 23.9 Å². The Labute approximate surface area is 212 Å². The number of nitrogens with one attached hydrogen (secondary N) is 2. The van der Waals surface area contributed by atoms with Crippen molar-refractivity contribution in [3.8, 4) is 5.88 Å². The van der Waals surface area contributed by atoms with Crippen LogP contribution in [-0.4, -0.2) is 53.0 Å². The van der Waals surface area contributed by atoms with Gasteiger partial charge in [0.1, 0.15) is 5.56 Å². The van der Waals surface area contributed by atoms with Gasteiger partial charge in [-0.2, -0.15) is 5.10 Å². The van der Waals surface area contributed by atoms with Crippen molar-refractivity contribution in [3.63, 3.8) is 0 Å². The number of carbonyl (C=O) groups is 3. The molecular formula is C26H39N5O5. The first-order chi connectivity index (χ1) is 16.9. The zero-order chi connectivity index (χ0) is 26.3. The SMILES string of the molecule is COC(=O)NC(C)(C)/C=C/n1ncc(C(=O)N[C@H]2C3CC4CC2C[C@](C(N)=O)(C4)C3)c1OCC(C)C. The molecule has 0 aromatic carbocycles. The zero-order valence-electron chi connectivity index (χ0n) is 21.9. The van der Waals surface area contributed by atoms with Crippen LogP contribution in [0.25, 0.3) is 6.20 Å². The highest BCUT2D eigenvalue weighted by Crippen LogP contribution is 2.59. The summed E-state index contributed by atoms with van der Waals surface area (Å²) in [4.78, 5) is 37.4. The molecule has 0 saturated heterocycles. The first-order valence-electron chi connectivity index (χ1n) is 12.8. The number of methoxy groups -OCH3 is 1. The van der Waals surface area contributed by atoms with E-state index in [-0.39, 0.29) is 35.6 Å². The van der Waals surface area contributed by atoms with Gasteiger partial charge in [-0.25, -0.2) is 9.48 Å². The molecule has 4 aliphatic carbocycles. The molecule has 4 N–H and O–H groups in total. The molecule has 4 aliphatic rings. The number of primary amides is 1. The smallest absolute Gasteiger partial charge is 0.407 e. The third-order valence-corrected chi connectivity index (χ3v) is 7.88. The summed E-state index contributed by atoms with van der Waals surface area (Å²) in [5.74, 6) is 1.21. The topological polar surface area (TPSA) is 138 Å². The largest absolute Gasteiger partial charge is 0.477 e. The Balaban J connectivity index is 1.53. The number of ether oxygens (including phenoxy) is 2. The maximum absolute atomic E-state index is 13.5. The lowest BCUT2D eigenvalue weighted by Crippen LogP contribution is -2.62. The predicted molar refractivity (Wildman–Crippen MR) is 134 cm³/mol. The minimum Gasteiger partial charge on any atom is -0.477 e. The van der Waals surface area contributed by atoms with E-state index in [0.29, 0.717) is 24.0 Å². The van der Waals surface area contributed by atoms with Crippen LogP contribution in [-0.2, 0) is 9.53 Å². The molecule has 10 nitrogen and oxygen atoms in total. The Morgan fingerprint density at radius 3 is 2.50 bits per heavy atom. The number of carbonyl (C=O) groups excluding carboxylic acids is 3. The van der Waals surface area contributed by atoms with Crippen LogP contribution in [0.4, 0.5) is 4.79 Å². The van der Waals surface area contributed by atoms with Gasteiger partial charge in [0, 0.05) is 17.7 Å². The molecular weight excluding hydrogens is 462 g/mol. The lowest BCUT2D eigenvalue weighted by molar-refractivity contribution is -0.145. The number of rotatable bonds is 9. The van der Waals surface area contributed by atoms with Crippen LogP contribution in [0.2, 0.25) is 0 Å². The molecule has 1 heterocycles. The van der Waals surface area contributed by atoms with Crippen LogP contribution >= 0.6 is 0 Å². The molecule has 1 aromatic heterocycles. The van der Waals surface area contributed by atoms with E-state index in [0.717, 1.165) is 32.1 Å². The van der Waals surface area contributed by atoms with E-state index in [1.165, 1.54) is 18.0 Å². The standard InChI is InChI=1S/C26H39N5O5/c1-15(2)14-36-22-19(13-28-31(22)7-6-25(3,4)30-24(34)35-5)21(32)29-20-17-8-16-9-18(20)12-26(10-16,11-17)23(27)33/h6-7,13,15-18,20H,8-12,14H2,1-5H3,(H2,27,33)(H,29,32)(H,30,34)/b7-6+/t16?,17?,18?,20-,26-. The summed E-state index contributed by atoms with van der Waals surface area (Å²) in [6.45, 7) is 8.11. The van der Waals surface area contributed by atoms with Crippen LogP contribution < -0.4 is 21.1 Å². The maximum atomic E-state index is 13.5. The lowest BCUT2D eigenvalue weighted by Gasteiger charge is -2.58. The molecule has 1 aromatic rings. The average molecular weight is 502 g/mol. The van der Waals surface area contributed by atoms with Crippen LogP contribution in [0.15, 0.2) is 12.3 Å². The summed E-state index contributed by atoms with van der Waals surface area (Å²) < 4.78 is 12.2. The van der Waals surface area contributed by atoms with Gasteiger partial charge in [-0.15, -0.1) is 0 Å². The number of hydrogen-bond donors (Lipinski definition) is 3. The second kappa shape index (κ2) is 9.78. The van der Waals surface area contributed by atoms with Gasteiger partial charge in [0.15, 0.2) is 0 Å². The minimum absolute atomic E-state index is 0.0153. The van der Waals surface area contributed by atoms with Gasteiger partial charge in [-0.3, -0.25) is 9.59 Å². The fourth-order valence-corrected chi connectivity index (χ4v) is 6.41. The van der Waals surface area contributed by atoms with Crippen molar-refractivity contribution >= 4 is 24.1 Å². The third-order valence-electron chi connectivity index (χ3n) is 7.88. The molecule has 10 heteroatoms. The molecule has 2 unspecified atom stereocenters. The van der Waals surface area contributed by atoms with Gasteiger partial charge >= 0.3 is 6.09 Å². The highest BCUT2D eigenvalue weighted by atomic mass is 16.5. The van der Waals surface area contributed by atoms with Crippen molar-refractivity contribution in [2.75, 3.05) is 13.7 Å². The summed E-state index contributed by atoms with van der Waals surface area (Å²) in [5.41, 5.74) is 5.06. The van der Waals surface area contributed by atoms with Crippen LogP contribution in [0.3, 0.4) is 0 Å². The summed E-state index contributed by atoms with van der Waals surface area (Å²) >= 11 is 0. The third kappa shape index (κ3) is 5.22. The Hall–Kier alpha value is -3.04. The molecule has 0 spiro atoms. The fourth-order valence-electron chi connectivity index (χ4n) is 6.41. The van der Waals surface area contributed by atoms with Gasteiger partial charge in [0.25, 0.3) is 5.91 Å².